The number of benzene rings is 1. The summed E-state index contributed by atoms with van der Waals surface area (Å²) in [6.45, 7) is 18.7. The molecule has 0 aliphatic carbocycles. The second-order valence-corrected chi connectivity index (χ2v) is 8.40. The topological polar surface area (TPSA) is 12.5 Å². The van der Waals surface area contributed by atoms with Crippen LogP contribution in [0.5, 0.6) is 0 Å². The lowest BCUT2D eigenvalue weighted by atomic mass is 9.77. The summed E-state index contributed by atoms with van der Waals surface area (Å²) in [5.74, 6) is 1.35. The van der Waals surface area contributed by atoms with E-state index in [1.807, 2.05) is 6.92 Å². The zero-order chi connectivity index (χ0) is 17.3. The van der Waals surface area contributed by atoms with Crippen molar-refractivity contribution in [3.8, 4) is 0 Å². The highest BCUT2D eigenvalue weighted by atomic mass is 16.5. The molecule has 1 aliphatic rings. The van der Waals surface area contributed by atoms with Crippen LogP contribution in [0.25, 0.3) is 0 Å². The molecule has 1 saturated heterocycles. The number of ether oxygens (including phenoxy) is 1. The molecule has 2 heteroatoms. The number of rotatable bonds is 5. The highest BCUT2D eigenvalue weighted by Crippen LogP contribution is 2.41. The summed E-state index contributed by atoms with van der Waals surface area (Å²) < 4.78 is 5.98. The summed E-state index contributed by atoms with van der Waals surface area (Å²) in [5, 5.41) is 0. The van der Waals surface area contributed by atoms with Gasteiger partial charge in [-0.25, -0.2) is 0 Å². The molecular weight excluding hydrogens is 282 g/mol. The van der Waals surface area contributed by atoms with Gasteiger partial charge in [0.15, 0.2) is 0 Å². The number of nitrogens with zero attached hydrogens (tertiary/aromatic N) is 1. The molecule has 2 nitrogen and oxygen atoms in total. The van der Waals surface area contributed by atoms with E-state index in [1.54, 1.807) is 0 Å². The molecule has 0 bridgehead atoms. The second kappa shape index (κ2) is 6.68. The first-order valence-corrected chi connectivity index (χ1v) is 8.77. The molecule has 23 heavy (non-hydrogen) atoms. The third-order valence-corrected chi connectivity index (χ3v) is 5.11. The number of allylic oxidation sites excluding steroid dienone is 1. The minimum atomic E-state index is 0.116. The van der Waals surface area contributed by atoms with Crippen molar-refractivity contribution in [1.29, 1.82) is 0 Å². The van der Waals surface area contributed by atoms with Gasteiger partial charge in [0.05, 0.1) is 5.76 Å². The van der Waals surface area contributed by atoms with E-state index in [1.165, 1.54) is 5.56 Å². The Balaban J connectivity index is 2.16. The van der Waals surface area contributed by atoms with Crippen molar-refractivity contribution in [2.75, 3.05) is 6.54 Å². The van der Waals surface area contributed by atoms with E-state index in [9.17, 15) is 0 Å². The van der Waals surface area contributed by atoms with Crippen LogP contribution in [0.2, 0.25) is 0 Å². The van der Waals surface area contributed by atoms with Crippen molar-refractivity contribution in [3.05, 3.63) is 48.2 Å². The maximum atomic E-state index is 5.98. The Bertz CT molecular complexity index is 514. The number of likely N-dealkylation sites (tertiary alicyclic amines) is 1. The number of piperidine rings is 1. The number of hydrogen-bond donors (Lipinski definition) is 0. The van der Waals surface area contributed by atoms with Gasteiger partial charge in [-0.05, 0) is 46.1 Å². The first-order chi connectivity index (χ1) is 10.6. The fourth-order valence-corrected chi connectivity index (χ4v) is 4.25. The molecule has 0 N–H and O–H groups in total. The minimum Gasteiger partial charge on any atom is -0.496 e. The summed E-state index contributed by atoms with van der Waals surface area (Å²) >= 11 is 0. The van der Waals surface area contributed by atoms with Crippen LogP contribution in [0.4, 0.5) is 0 Å². The summed E-state index contributed by atoms with van der Waals surface area (Å²) in [7, 11) is 0. The van der Waals surface area contributed by atoms with Crippen LogP contribution in [-0.2, 0) is 4.74 Å². The molecule has 1 fully saturated rings. The molecule has 0 amide bonds. The zero-order valence-electron chi connectivity index (χ0n) is 15.7. The van der Waals surface area contributed by atoms with Crippen LogP contribution in [0.1, 0.15) is 65.9 Å². The van der Waals surface area contributed by atoms with Gasteiger partial charge in [0, 0.05) is 30.5 Å². The van der Waals surface area contributed by atoms with Gasteiger partial charge >= 0.3 is 0 Å². The van der Waals surface area contributed by atoms with Crippen LogP contribution in [0, 0.1) is 0 Å². The van der Waals surface area contributed by atoms with E-state index in [4.69, 9.17) is 4.74 Å². The first-order valence-electron chi connectivity index (χ1n) is 8.77. The Morgan fingerprint density at radius 1 is 1.17 bits per heavy atom. The molecule has 1 heterocycles. The highest BCUT2D eigenvalue weighted by molar-refractivity contribution is 5.19. The summed E-state index contributed by atoms with van der Waals surface area (Å²) in [4.78, 5) is 2.68. The summed E-state index contributed by atoms with van der Waals surface area (Å²) in [6, 6.07) is 10.8. The molecule has 1 aliphatic heterocycles. The SMILES string of the molecule is C=C(C)OC1CC(C)(C)N(CC(C)c2ccccc2)C(C)(C)C1. The van der Waals surface area contributed by atoms with Gasteiger partial charge in [-0.3, -0.25) is 4.90 Å². The van der Waals surface area contributed by atoms with Gasteiger partial charge in [0.2, 0.25) is 0 Å². The molecule has 0 saturated carbocycles. The van der Waals surface area contributed by atoms with Crippen molar-refractivity contribution >= 4 is 0 Å². The molecule has 0 radical (unpaired) electrons. The van der Waals surface area contributed by atoms with Crippen LogP contribution >= 0.6 is 0 Å². The highest BCUT2D eigenvalue weighted by Gasteiger charge is 2.46. The van der Waals surface area contributed by atoms with Crippen molar-refractivity contribution in [3.63, 3.8) is 0 Å². The minimum absolute atomic E-state index is 0.116. The lowest BCUT2D eigenvalue weighted by Crippen LogP contribution is -2.62. The van der Waals surface area contributed by atoms with E-state index < -0.39 is 0 Å². The third-order valence-electron chi connectivity index (χ3n) is 5.11. The second-order valence-electron chi connectivity index (χ2n) is 8.40. The zero-order valence-corrected chi connectivity index (χ0v) is 15.7. The molecule has 1 aromatic rings. The average molecular weight is 316 g/mol. The van der Waals surface area contributed by atoms with Gasteiger partial charge in [-0.1, -0.05) is 43.8 Å². The van der Waals surface area contributed by atoms with E-state index in [0.29, 0.717) is 5.92 Å². The first kappa shape index (κ1) is 18.1. The standard InChI is InChI=1S/C21H33NO/c1-16(2)23-19-13-20(4,5)22(21(6,7)14-19)15-17(3)18-11-9-8-10-12-18/h8-12,17,19H,1,13-15H2,2-7H3. The predicted octanol–water partition coefficient (Wildman–Crippen LogP) is 5.36. The molecule has 1 atom stereocenters. The van der Waals surface area contributed by atoms with Crippen LogP contribution in [-0.4, -0.2) is 28.6 Å². The Labute approximate surface area is 142 Å². The maximum Gasteiger partial charge on any atom is 0.102 e. The summed E-state index contributed by atoms with van der Waals surface area (Å²) in [5.41, 5.74) is 1.65. The molecule has 0 aromatic heterocycles. The Hall–Kier alpha value is -1.28. The van der Waals surface area contributed by atoms with Gasteiger partial charge < -0.3 is 4.74 Å². The van der Waals surface area contributed by atoms with E-state index in [0.717, 1.165) is 25.1 Å². The van der Waals surface area contributed by atoms with Gasteiger partial charge in [-0.2, -0.15) is 0 Å². The van der Waals surface area contributed by atoms with Crippen molar-refractivity contribution in [2.24, 2.45) is 0 Å². The Morgan fingerprint density at radius 2 is 1.70 bits per heavy atom. The maximum absolute atomic E-state index is 5.98. The summed E-state index contributed by atoms with van der Waals surface area (Å²) in [6.07, 6.45) is 2.36. The van der Waals surface area contributed by atoms with Crippen LogP contribution < -0.4 is 0 Å². The predicted molar refractivity (Wildman–Crippen MR) is 98.6 cm³/mol. The molecule has 1 aromatic carbocycles. The normalized spacial score (nSPS) is 22.5. The van der Waals surface area contributed by atoms with Crippen LogP contribution in [0.3, 0.4) is 0 Å². The van der Waals surface area contributed by atoms with E-state index in [2.05, 4.69) is 76.4 Å². The molecule has 128 valence electrons. The van der Waals surface area contributed by atoms with Crippen molar-refractivity contribution in [1.82, 2.24) is 4.90 Å². The van der Waals surface area contributed by atoms with E-state index >= 15 is 0 Å². The van der Waals surface area contributed by atoms with Crippen LogP contribution in [0.15, 0.2) is 42.7 Å². The van der Waals surface area contributed by atoms with E-state index in [-0.39, 0.29) is 17.2 Å². The lowest BCUT2D eigenvalue weighted by molar-refractivity contribution is -0.0905. The lowest BCUT2D eigenvalue weighted by Gasteiger charge is -2.55. The van der Waals surface area contributed by atoms with Crippen molar-refractivity contribution < 1.29 is 4.74 Å². The molecule has 2 rings (SSSR count). The molecular formula is C21H33NO. The Morgan fingerprint density at radius 3 is 2.17 bits per heavy atom. The average Bonchev–Trinajstić information content (AvgIpc) is 2.42. The largest absolute Gasteiger partial charge is 0.496 e. The quantitative estimate of drug-likeness (QED) is 0.678. The van der Waals surface area contributed by atoms with Gasteiger partial charge in [-0.15, -0.1) is 0 Å². The smallest absolute Gasteiger partial charge is 0.102 e. The Kier molecular flexibility index (Phi) is 5.25. The van der Waals surface area contributed by atoms with Crippen molar-refractivity contribution in [2.45, 2.75) is 77.5 Å². The third kappa shape index (κ3) is 4.38. The fourth-order valence-electron chi connectivity index (χ4n) is 4.25. The van der Waals surface area contributed by atoms with Gasteiger partial charge in [0.25, 0.3) is 0 Å². The fraction of sp³-hybridized carbons (Fsp3) is 0.619. The monoisotopic (exact) mass is 315 g/mol. The number of hydrogen-bond acceptors (Lipinski definition) is 2. The molecule has 0 spiro atoms. The van der Waals surface area contributed by atoms with Gasteiger partial charge in [0.1, 0.15) is 6.10 Å². The molecule has 1 unspecified atom stereocenters.